The number of aromatic nitrogens is 2. The van der Waals surface area contributed by atoms with Crippen LogP contribution < -0.4 is 9.88 Å². The largest absolute Gasteiger partial charge is 0.485 e. The first kappa shape index (κ1) is 22.9. The molecule has 0 amide bonds. The number of nitrogens with two attached hydrogens (primary N) is 1. The van der Waals surface area contributed by atoms with Crippen LogP contribution in [0.5, 0.6) is 5.75 Å². The van der Waals surface area contributed by atoms with Crippen LogP contribution in [0.15, 0.2) is 79.0 Å². The molecule has 0 saturated carbocycles. The fourth-order valence-electron chi connectivity index (χ4n) is 4.24. The number of fused-ring (bicyclic) bond motifs is 1. The molecule has 33 heavy (non-hydrogen) atoms. The monoisotopic (exact) mass is 467 g/mol. The number of primary sulfonamides is 1. The number of nitrogens with zero attached hydrogens (tertiary/aromatic N) is 2. The quantitative estimate of drug-likeness (QED) is 0.396. The van der Waals surface area contributed by atoms with Gasteiger partial charge in [0.15, 0.2) is 0 Å². The van der Waals surface area contributed by atoms with Crippen LogP contribution in [0, 0.1) is 11.7 Å². The van der Waals surface area contributed by atoms with Gasteiger partial charge in [-0.1, -0.05) is 44.2 Å². The lowest BCUT2D eigenvalue weighted by atomic mass is 9.93. The number of halogens is 1. The summed E-state index contributed by atoms with van der Waals surface area (Å²) in [4.78, 5) is 0. The molecule has 0 aliphatic heterocycles. The predicted molar refractivity (Wildman–Crippen MR) is 127 cm³/mol. The smallest absolute Gasteiger partial charge is 0.212 e. The van der Waals surface area contributed by atoms with Crippen molar-refractivity contribution in [1.29, 1.82) is 0 Å². The summed E-state index contributed by atoms with van der Waals surface area (Å²) in [6, 6.07) is 21.2. The molecule has 3 aromatic carbocycles. The van der Waals surface area contributed by atoms with Gasteiger partial charge in [-0.2, -0.15) is 5.10 Å². The van der Waals surface area contributed by atoms with Gasteiger partial charge in [0.1, 0.15) is 17.7 Å². The maximum absolute atomic E-state index is 13.3. The Labute approximate surface area is 192 Å². The van der Waals surface area contributed by atoms with Crippen LogP contribution in [0.3, 0.4) is 0 Å². The fourth-order valence-corrected chi connectivity index (χ4v) is 5.44. The van der Waals surface area contributed by atoms with Gasteiger partial charge < -0.3 is 4.74 Å². The second-order valence-electron chi connectivity index (χ2n) is 8.10. The molecule has 0 radical (unpaired) electrons. The highest BCUT2D eigenvalue weighted by Gasteiger charge is 2.34. The van der Waals surface area contributed by atoms with Gasteiger partial charge in [-0.05, 0) is 54.4 Å². The van der Waals surface area contributed by atoms with E-state index < -0.39 is 21.4 Å². The van der Waals surface area contributed by atoms with Gasteiger partial charge in [0.05, 0.1) is 22.7 Å². The molecule has 3 unspecified atom stereocenters. The van der Waals surface area contributed by atoms with Gasteiger partial charge in [0, 0.05) is 11.3 Å². The van der Waals surface area contributed by atoms with E-state index in [1.165, 1.54) is 12.1 Å². The summed E-state index contributed by atoms with van der Waals surface area (Å²) >= 11 is 0. The van der Waals surface area contributed by atoms with Crippen molar-refractivity contribution in [3.05, 3.63) is 90.4 Å². The lowest BCUT2D eigenvalue weighted by Crippen LogP contribution is -2.37. The summed E-state index contributed by atoms with van der Waals surface area (Å²) in [5.41, 5.74) is 2.46. The Kier molecular flexibility index (Phi) is 6.49. The van der Waals surface area contributed by atoms with Crippen LogP contribution in [0.25, 0.3) is 16.6 Å². The van der Waals surface area contributed by atoms with E-state index in [1.54, 1.807) is 23.0 Å². The van der Waals surface area contributed by atoms with E-state index in [0.717, 1.165) is 22.2 Å². The molecule has 1 heterocycles. The number of rotatable bonds is 8. The SMILES string of the molecule is CCC(C(C)C(Oc1ccc2c(cnn2-c2ccc(F)cc2)c1)c1ccccc1)S(N)(=O)=O. The average molecular weight is 468 g/mol. The third-order valence-electron chi connectivity index (χ3n) is 5.89. The van der Waals surface area contributed by atoms with Gasteiger partial charge in [-0.15, -0.1) is 0 Å². The zero-order chi connectivity index (χ0) is 23.6. The fraction of sp³-hybridized carbons (Fsp3) is 0.240. The lowest BCUT2D eigenvalue weighted by molar-refractivity contribution is 0.139. The first-order valence-corrected chi connectivity index (χ1v) is 12.4. The molecule has 0 bridgehead atoms. The van der Waals surface area contributed by atoms with E-state index in [-0.39, 0.29) is 11.7 Å². The molecule has 4 rings (SSSR count). The van der Waals surface area contributed by atoms with E-state index in [4.69, 9.17) is 9.88 Å². The number of hydrogen-bond donors (Lipinski definition) is 1. The molecule has 0 saturated heterocycles. The second kappa shape index (κ2) is 9.33. The van der Waals surface area contributed by atoms with Crippen LogP contribution >= 0.6 is 0 Å². The topological polar surface area (TPSA) is 87.2 Å². The normalized spacial score (nSPS) is 14.7. The first-order chi connectivity index (χ1) is 15.8. The molecular formula is C25H26FN3O3S. The summed E-state index contributed by atoms with van der Waals surface area (Å²) in [6.45, 7) is 3.66. The van der Waals surface area contributed by atoms with E-state index in [2.05, 4.69) is 5.10 Å². The molecule has 0 aliphatic carbocycles. The zero-order valence-corrected chi connectivity index (χ0v) is 19.2. The molecule has 4 aromatic rings. The second-order valence-corrected chi connectivity index (χ2v) is 9.88. The number of hydrogen-bond acceptors (Lipinski definition) is 4. The van der Waals surface area contributed by atoms with Crippen molar-refractivity contribution in [1.82, 2.24) is 9.78 Å². The molecule has 0 aliphatic rings. The van der Waals surface area contributed by atoms with Crippen molar-refractivity contribution < 1.29 is 17.5 Å². The van der Waals surface area contributed by atoms with Gasteiger partial charge in [0.2, 0.25) is 10.0 Å². The molecule has 2 N–H and O–H groups in total. The van der Waals surface area contributed by atoms with E-state index in [0.29, 0.717) is 12.2 Å². The van der Waals surface area contributed by atoms with Crippen molar-refractivity contribution >= 4 is 20.9 Å². The summed E-state index contributed by atoms with van der Waals surface area (Å²) in [5, 5.41) is 10.0. The molecule has 172 valence electrons. The van der Waals surface area contributed by atoms with Crippen molar-refractivity contribution in [3.8, 4) is 11.4 Å². The van der Waals surface area contributed by atoms with Crippen LogP contribution in [0.2, 0.25) is 0 Å². The van der Waals surface area contributed by atoms with Gasteiger partial charge in [0.25, 0.3) is 0 Å². The zero-order valence-electron chi connectivity index (χ0n) is 18.4. The van der Waals surface area contributed by atoms with Gasteiger partial charge in [-0.25, -0.2) is 22.6 Å². The summed E-state index contributed by atoms with van der Waals surface area (Å²) in [6.07, 6.45) is 1.58. The maximum atomic E-state index is 13.3. The highest BCUT2D eigenvalue weighted by molar-refractivity contribution is 7.89. The molecule has 0 fully saturated rings. The Hall–Kier alpha value is -3.23. The minimum Gasteiger partial charge on any atom is -0.485 e. The highest BCUT2D eigenvalue weighted by atomic mass is 32.2. The Morgan fingerprint density at radius 1 is 1.06 bits per heavy atom. The molecular weight excluding hydrogens is 441 g/mol. The van der Waals surface area contributed by atoms with E-state index in [9.17, 15) is 12.8 Å². The molecule has 0 spiro atoms. The highest BCUT2D eigenvalue weighted by Crippen LogP contribution is 2.34. The Morgan fingerprint density at radius 2 is 1.76 bits per heavy atom. The van der Waals surface area contributed by atoms with E-state index in [1.807, 2.05) is 62.4 Å². The van der Waals surface area contributed by atoms with Gasteiger partial charge in [-0.3, -0.25) is 0 Å². The Balaban J connectivity index is 1.69. The van der Waals surface area contributed by atoms with Crippen molar-refractivity contribution in [2.75, 3.05) is 0 Å². The molecule has 3 atom stereocenters. The van der Waals surface area contributed by atoms with Crippen molar-refractivity contribution in [2.24, 2.45) is 11.1 Å². The summed E-state index contributed by atoms with van der Waals surface area (Å²) < 4.78 is 45.8. The number of benzene rings is 3. The van der Waals surface area contributed by atoms with Crippen LogP contribution in [0.1, 0.15) is 31.9 Å². The Morgan fingerprint density at radius 3 is 2.39 bits per heavy atom. The third kappa shape index (κ3) is 4.91. The third-order valence-corrected chi connectivity index (χ3v) is 7.50. The lowest BCUT2D eigenvalue weighted by Gasteiger charge is -2.30. The predicted octanol–water partition coefficient (Wildman–Crippen LogP) is 4.99. The molecule has 1 aromatic heterocycles. The minimum atomic E-state index is -3.74. The average Bonchev–Trinajstić information content (AvgIpc) is 3.21. The van der Waals surface area contributed by atoms with Crippen molar-refractivity contribution in [2.45, 2.75) is 31.6 Å². The van der Waals surface area contributed by atoms with E-state index >= 15 is 0 Å². The summed E-state index contributed by atoms with van der Waals surface area (Å²) in [5.74, 6) is -0.104. The summed E-state index contributed by atoms with van der Waals surface area (Å²) in [7, 11) is -3.74. The Bertz CT molecular complexity index is 1340. The van der Waals surface area contributed by atoms with Crippen LogP contribution in [-0.2, 0) is 10.0 Å². The molecule has 6 nitrogen and oxygen atoms in total. The first-order valence-electron chi connectivity index (χ1n) is 10.7. The number of sulfonamides is 1. The minimum absolute atomic E-state index is 0.308. The molecule has 8 heteroatoms. The van der Waals surface area contributed by atoms with Crippen LogP contribution in [-0.4, -0.2) is 23.4 Å². The van der Waals surface area contributed by atoms with Gasteiger partial charge >= 0.3 is 0 Å². The number of ether oxygens (including phenoxy) is 1. The van der Waals surface area contributed by atoms with Crippen molar-refractivity contribution in [3.63, 3.8) is 0 Å². The standard InChI is InChI=1S/C25H26FN3O3S/c1-3-24(33(27,30)31)17(2)25(18-7-5-4-6-8-18)32-22-13-14-23-19(15-22)16-28-29(23)21-11-9-20(26)10-12-21/h4-17,24-25H,3H2,1-2H3,(H2,27,30,31). The van der Waals surface area contributed by atoms with Crippen LogP contribution in [0.4, 0.5) is 4.39 Å². The maximum Gasteiger partial charge on any atom is 0.212 e.